The zero-order valence-electron chi connectivity index (χ0n) is 16.0. The highest BCUT2D eigenvalue weighted by atomic mass is 35.5. The number of aryl methyl sites for hydroxylation is 2. The van der Waals surface area contributed by atoms with Crippen molar-refractivity contribution in [1.82, 2.24) is 14.5 Å². The molecule has 2 aromatic heterocycles. The predicted octanol–water partition coefficient (Wildman–Crippen LogP) is 4.96. The van der Waals surface area contributed by atoms with Crippen LogP contribution in [0.2, 0.25) is 5.02 Å². The lowest BCUT2D eigenvalue weighted by atomic mass is 10.0. The number of halogens is 1. The lowest BCUT2D eigenvalue weighted by Gasteiger charge is -2.12. The molecular weight excluding hydrogens is 362 g/mol. The second-order valence-corrected chi connectivity index (χ2v) is 7.00. The van der Waals surface area contributed by atoms with Crippen molar-refractivity contribution >= 4 is 28.7 Å². The zero-order valence-corrected chi connectivity index (χ0v) is 16.7. The van der Waals surface area contributed by atoms with Crippen LogP contribution in [-0.4, -0.2) is 27.6 Å². The van der Waals surface area contributed by atoms with Gasteiger partial charge in [-0.1, -0.05) is 49.6 Å². The predicted molar refractivity (Wildman–Crippen MR) is 107 cm³/mol. The van der Waals surface area contributed by atoms with Crippen LogP contribution in [0, 0.1) is 6.92 Å². The van der Waals surface area contributed by atoms with Crippen molar-refractivity contribution in [3.05, 3.63) is 58.0 Å². The van der Waals surface area contributed by atoms with E-state index in [2.05, 4.69) is 23.0 Å². The van der Waals surface area contributed by atoms with Gasteiger partial charge in [0.15, 0.2) is 11.3 Å². The first-order valence-electron chi connectivity index (χ1n) is 9.23. The molecule has 0 saturated carbocycles. The molecule has 0 atom stereocenters. The molecule has 0 aliphatic heterocycles. The molecule has 27 heavy (non-hydrogen) atoms. The van der Waals surface area contributed by atoms with Crippen molar-refractivity contribution in [3.8, 4) is 0 Å². The summed E-state index contributed by atoms with van der Waals surface area (Å²) >= 11 is 6.68. The van der Waals surface area contributed by atoms with E-state index >= 15 is 0 Å². The number of unbranched alkanes of at least 4 members (excludes halogenated alkanes) is 2. The number of fused-ring (bicyclic) bond motifs is 1. The van der Waals surface area contributed by atoms with Gasteiger partial charge in [-0.05, 0) is 43.0 Å². The highest BCUT2D eigenvalue weighted by molar-refractivity contribution is 6.32. The Morgan fingerprint density at radius 1 is 1.15 bits per heavy atom. The monoisotopic (exact) mass is 385 g/mol. The summed E-state index contributed by atoms with van der Waals surface area (Å²) in [6.07, 6.45) is 4.50. The van der Waals surface area contributed by atoms with Gasteiger partial charge in [-0.3, -0.25) is 0 Å². The summed E-state index contributed by atoms with van der Waals surface area (Å²) in [5.41, 5.74) is 3.87. The number of rotatable bonds is 7. The van der Waals surface area contributed by atoms with E-state index in [-0.39, 0.29) is 5.69 Å². The lowest BCUT2D eigenvalue weighted by molar-refractivity contribution is 0.0594. The van der Waals surface area contributed by atoms with Crippen molar-refractivity contribution in [2.45, 2.75) is 46.1 Å². The maximum atomic E-state index is 11.8. The number of hydrogen-bond donors (Lipinski definition) is 0. The molecule has 0 aliphatic rings. The Morgan fingerprint density at radius 3 is 2.67 bits per heavy atom. The average Bonchev–Trinajstić information content (AvgIpc) is 2.98. The Balaban J connectivity index is 1.95. The number of carbonyl (C=O) groups is 1. The van der Waals surface area contributed by atoms with Gasteiger partial charge in [0.1, 0.15) is 11.3 Å². The Hall–Kier alpha value is -2.40. The smallest absolute Gasteiger partial charge is 0.356 e. The van der Waals surface area contributed by atoms with Crippen molar-refractivity contribution in [2.75, 3.05) is 7.11 Å². The molecule has 0 aliphatic carbocycles. The summed E-state index contributed by atoms with van der Waals surface area (Å²) in [4.78, 5) is 20.8. The topological polar surface area (TPSA) is 57.0 Å². The van der Waals surface area contributed by atoms with Crippen LogP contribution < -0.4 is 0 Å². The minimum absolute atomic E-state index is 0.269. The number of aromatic nitrogens is 3. The van der Waals surface area contributed by atoms with E-state index < -0.39 is 5.97 Å². The number of carbonyl (C=O) groups excluding carboxylic acids is 1. The molecule has 0 fully saturated rings. The van der Waals surface area contributed by atoms with E-state index in [9.17, 15) is 4.79 Å². The van der Waals surface area contributed by atoms with E-state index in [1.807, 2.05) is 23.6 Å². The summed E-state index contributed by atoms with van der Waals surface area (Å²) in [5.74, 6) is 0.366. The molecule has 142 valence electrons. The normalized spacial score (nSPS) is 11.1. The van der Waals surface area contributed by atoms with Crippen LogP contribution in [0.25, 0.3) is 11.2 Å². The number of nitrogens with zero attached hydrogens (tertiary/aromatic N) is 3. The molecule has 3 rings (SSSR count). The molecule has 3 aromatic rings. The van der Waals surface area contributed by atoms with Crippen molar-refractivity contribution in [2.24, 2.45) is 0 Å². The van der Waals surface area contributed by atoms with Crippen molar-refractivity contribution in [1.29, 1.82) is 0 Å². The number of pyridine rings is 1. The summed E-state index contributed by atoms with van der Waals surface area (Å²) in [7, 11) is 1.35. The second kappa shape index (κ2) is 8.53. The Kier molecular flexibility index (Phi) is 6.11. The van der Waals surface area contributed by atoms with Gasteiger partial charge in [0.25, 0.3) is 0 Å². The second-order valence-electron chi connectivity index (χ2n) is 6.62. The molecule has 0 N–H and O–H groups in total. The van der Waals surface area contributed by atoms with Crippen molar-refractivity contribution < 1.29 is 9.53 Å². The van der Waals surface area contributed by atoms with Crippen LogP contribution >= 0.6 is 11.6 Å². The van der Waals surface area contributed by atoms with Gasteiger partial charge in [0.05, 0.1) is 13.7 Å². The van der Waals surface area contributed by atoms with Gasteiger partial charge < -0.3 is 9.30 Å². The minimum Gasteiger partial charge on any atom is -0.464 e. The fourth-order valence-electron chi connectivity index (χ4n) is 3.21. The molecular formula is C21H24ClN3O2. The third-order valence-electron chi connectivity index (χ3n) is 4.71. The Labute approximate surface area is 164 Å². The molecule has 0 bridgehead atoms. The SMILES string of the molecule is CCCCCc1cccc(Cn2c(C)nc3ccc(C(=O)OC)nc32)c1Cl. The maximum Gasteiger partial charge on any atom is 0.356 e. The molecule has 2 heterocycles. The number of esters is 1. The van der Waals surface area contributed by atoms with Gasteiger partial charge in [-0.25, -0.2) is 14.8 Å². The highest BCUT2D eigenvalue weighted by Gasteiger charge is 2.15. The number of hydrogen-bond acceptors (Lipinski definition) is 4. The van der Waals surface area contributed by atoms with Crippen LogP contribution in [0.1, 0.15) is 53.6 Å². The zero-order chi connectivity index (χ0) is 19.4. The van der Waals surface area contributed by atoms with E-state index in [4.69, 9.17) is 16.3 Å². The highest BCUT2D eigenvalue weighted by Crippen LogP contribution is 2.26. The molecule has 5 nitrogen and oxygen atoms in total. The largest absolute Gasteiger partial charge is 0.464 e. The van der Waals surface area contributed by atoms with Gasteiger partial charge in [0.2, 0.25) is 0 Å². The van der Waals surface area contributed by atoms with E-state index in [0.717, 1.165) is 34.8 Å². The molecule has 6 heteroatoms. The fourth-order valence-corrected chi connectivity index (χ4v) is 3.49. The summed E-state index contributed by atoms with van der Waals surface area (Å²) in [6.45, 7) is 4.68. The standard InChI is InChI=1S/C21H24ClN3O2/c1-4-5-6-8-15-9-7-10-16(19(15)22)13-25-14(2)23-17-11-12-18(21(26)27-3)24-20(17)25/h7,9-12H,4-6,8,13H2,1-3H3. The molecule has 0 radical (unpaired) electrons. The first-order valence-corrected chi connectivity index (χ1v) is 9.61. The first-order chi connectivity index (χ1) is 13.0. The first kappa shape index (κ1) is 19.4. The Morgan fingerprint density at radius 2 is 1.93 bits per heavy atom. The van der Waals surface area contributed by atoms with Crippen molar-refractivity contribution in [3.63, 3.8) is 0 Å². The lowest BCUT2D eigenvalue weighted by Crippen LogP contribution is -2.08. The van der Waals surface area contributed by atoms with Gasteiger partial charge in [-0.2, -0.15) is 0 Å². The third kappa shape index (κ3) is 4.14. The number of methoxy groups -OCH3 is 1. The van der Waals surface area contributed by atoms with Crippen LogP contribution in [-0.2, 0) is 17.7 Å². The molecule has 0 amide bonds. The van der Waals surface area contributed by atoms with Crippen LogP contribution in [0.5, 0.6) is 0 Å². The quantitative estimate of drug-likeness (QED) is 0.426. The maximum absolute atomic E-state index is 11.8. The number of imidazole rings is 1. The molecule has 1 aromatic carbocycles. The number of ether oxygens (including phenoxy) is 1. The molecule has 0 saturated heterocycles. The van der Waals surface area contributed by atoms with Crippen LogP contribution in [0.4, 0.5) is 0 Å². The number of benzene rings is 1. The van der Waals surface area contributed by atoms with E-state index in [1.165, 1.54) is 25.5 Å². The summed E-state index contributed by atoms with van der Waals surface area (Å²) in [5, 5.41) is 0.805. The summed E-state index contributed by atoms with van der Waals surface area (Å²) < 4.78 is 6.76. The van der Waals surface area contributed by atoms with Crippen LogP contribution in [0.15, 0.2) is 30.3 Å². The average molecular weight is 386 g/mol. The summed E-state index contributed by atoms with van der Waals surface area (Å²) in [6, 6.07) is 9.59. The van der Waals surface area contributed by atoms with E-state index in [0.29, 0.717) is 12.2 Å². The van der Waals surface area contributed by atoms with Gasteiger partial charge in [0, 0.05) is 5.02 Å². The van der Waals surface area contributed by atoms with Crippen LogP contribution in [0.3, 0.4) is 0 Å². The minimum atomic E-state index is -0.460. The van der Waals surface area contributed by atoms with Gasteiger partial charge in [-0.15, -0.1) is 0 Å². The fraction of sp³-hybridized carbons (Fsp3) is 0.381. The van der Waals surface area contributed by atoms with Gasteiger partial charge >= 0.3 is 5.97 Å². The molecule has 0 spiro atoms. The van der Waals surface area contributed by atoms with E-state index in [1.54, 1.807) is 12.1 Å². The Bertz CT molecular complexity index is 965. The molecule has 0 unspecified atom stereocenters. The third-order valence-corrected chi connectivity index (χ3v) is 5.20.